The van der Waals surface area contributed by atoms with Crippen molar-refractivity contribution < 1.29 is 4.79 Å². The van der Waals surface area contributed by atoms with E-state index in [1.165, 1.54) is 40.0 Å². The lowest BCUT2D eigenvalue weighted by Gasteiger charge is -2.28. The molecule has 0 bridgehead atoms. The number of hydrogen-bond acceptors (Lipinski definition) is 3. The van der Waals surface area contributed by atoms with Gasteiger partial charge in [0.15, 0.2) is 0 Å². The Morgan fingerprint density at radius 2 is 1.68 bits per heavy atom. The van der Waals surface area contributed by atoms with E-state index in [0.29, 0.717) is 0 Å². The number of fused-ring (bicyclic) bond motifs is 1. The lowest BCUT2D eigenvalue weighted by atomic mass is 9.93. The van der Waals surface area contributed by atoms with Crippen molar-refractivity contribution >= 4 is 17.3 Å². The van der Waals surface area contributed by atoms with E-state index < -0.39 is 0 Å². The molecule has 2 aliphatic rings. The fraction of sp³-hybridized carbons (Fsp3) is 0.519. The fourth-order valence-electron chi connectivity index (χ4n) is 4.93. The number of benzene rings is 2. The minimum Gasteiger partial charge on any atom is -0.363 e. The van der Waals surface area contributed by atoms with E-state index >= 15 is 0 Å². The molecule has 2 aliphatic heterocycles. The normalized spacial score (nSPS) is 17.6. The van der Waals surface area contributed by atoms with Crippen LogP contribution in [-0.4, -0.2) is 37.1 Å². The maximum Gasteiger partial charge on any atom is 0.254 e. The molecular weight excluding hydrogens is 382 g/mol. The maximum atomic E-state index is 13.1. The Morgan fingerprint density at radius 3 is 2.35 bits per heavy atom. The van der Waals surface area contributed by atoms with E-state index in [9.17, 15) is 4.79 Å². The standard InChI is InChI=1S/C25H33N3O.C2H6/c1-16-13-18(3)24-22(14-16)27(5)23(26-24)15-21-17(2)9-10-20(19(21)4)25(29)28-11-7-6-8-12-28;1-2/h9-10,13-14,23,26H,6-8,11-12,15H2,1-5H3;1-2H3. The molecule has 0 aliphatic carbocycles. The van der Waals surface area contributed by atoms with Crippen LogP contribution in [0, 0.1) is 27.7 Å². The van der Waals surface area contributed by atoms with Crippen molar-refractivity contribution in [1.29, 1.82) is 0 Å². The van der Waals surface area contributed by atoms with Gasteiger partial charge in [0.1, 0.15) is 6.17 Å². The largest absolute Gasteiger partial charge is 0.363 e. The van der Waals surface area contributed by atoms with E-state index in [4.69, 9.17) is 0 Å². The summed E-state index contributed by atoms with van der Waals surface area (Å²) >= 11 is 0. The van der Waals surface area contributed by atoms with Crippen LogP contribution in [0.2, 0.25) is 0 Å². The first-order valence-electron chi connectivity index (χ1n) is 11.9. The van der Waals surface area contributed by atoms with Gasteiger partial charge in [-0.2, -0.15) is 0 Å². The zero-order valence-electron chi connectivity index (χ0n) is 20.4. The Kier molecular flexibility index (Phi) is 7.30. The van der Waals surface area contributed by atoms with Crippen molar-refractivity contribution in [1.82, 2.24) is 4.90 Å². The molecule has 0 spiro atoms. The first-order chi connectivity index (χ1) is 14.9. The number of carbonyl (C=O) groups is 1. The predicted molar refractivity (Wildman–Crippen MR) is 132 cm³/mol. The summed E-state index contributed by atoms with van der Waals surface area (Å²) in [5.74, 6) is 0.200. The number of likely N-dealkylation sites (tertiary alicyclic amines) is 1. The third-order valence-corrected chi connectivity index (χ3v) is 6.72. The Bertz CT molecular complexity index is 944. The van der Waals surface area contributed by atoms with Crippen LogP contribution in [0.5, 0.6) is 0 Å². The van der Waals surface area contributed by atoms with Crippen molar-refractivity contribution in [2.45, 2.75) is 73.4 Å². The molecule has 4 heteroatoms. The number of amides is 1. The van der Waals surface area contributed by atoms with Gasteiger partial charge in [0.25, 0.3) is 5.91 Å². The van der Waals surface area contributed by atoms with Crippen LogP contribution in [0.4, 0.5) is 11.4 Å². The molecule has 1 saturated heterocycles. The minimum absolute atomic E-state index is 0.197. The van der Waals surface area contributed by atoms with Gasteiger partial charge in [0.2, 0.25) is 0 Å². The summed E-state index contributed by atoms with van der Waals surface area (Å²) in [6.45, 7) is 14.4. The maximum absolute atomic E-state index is 13.1. The molecule has 1 amide bonds. The predicted octanol–water partition coefficient (Wildman–Crippen LogP) is 6.00. The topological polar surface area (TPSA) is 35.6 Å². The smallest absolute Gasteiger partial charge is 0.254 e. The summed E-state index contributed by atoms with van der Waals surface area (Å²) in [4.78, 5) is 17.5. The van der Waals surface area contributed by atoms with Crippen LogP contribution < -0.4 is 10.2 Å². The average Bonchev–Trinajstić information content (AvgIpc) is 3.08. The third kappa shape index (κ3) is 4.58. The highest BCUT2D eigenvalue weighted by Crippen LogP contribution is 2.38. The van der Waals surface area contributed by atoms with Crippen LogP contribution in [0.25, 0.3) is 0 Å². The third-order valence-electron chi connectivity index (χ3n) is 6.72. The number of piperidine rings is 1. The van der Waals surface area contributed by atoms with Crippen LogP contribution in [-0.2, 0) is 6.42 Å². The first kappa shape index (κ1) is 23.2. The fourth-order valence-corrected chi connectivity index (χ4v) is 4.93. The van der Waals surface area contributed by atoms with E-state index in [-0.39, 0.29) is 12.1 Å². The molecule has 4 nitrogen and oxygen atoms in total. The first-order valence-corrected chi connectivity index (χ1v) is 11.9. The Balaban J connectivity index is 0.00000132. The number of likely N-dealkylation sites (N-methyl/N-ethyl adjacent to an activating group) is 1. The molecule has 1 N–H and O–H groups in total. The number of hydrogen-bond donors (Lipinski definition) is 1. The van der Waals surface area contributed by atoms with E-state index in [2.05, 4.69) is 63.2 Å². The molecule has 0 saturated carbocycles. The van der Waals surface area contributed by atoms with Gasteiger partial charge in [0, 0.05) is 32.1 Å². The summed E-state index contributed by atoms with van der Waals surface area (Å²) in [6.07, 6.45) is 4.56. The lowest BCUT2D eigenvalue weighted by molar-refractivity contribution is 0.0723. The van der Waals surface area contributed by atoms with Crippen LogP contribution >= 0.6 is 0 Å². The van der Waals surface area contributed by atoms with Gasteiger partial charge in [-0.3, -0.25) is 4.79 Å². The number of anilines is 2. The highest BCUT2D eigenvalue weighted by molar-refractivity contribution is 5.96. The quantitative estimate of drug-likeness (QED) is 0.660. The summed E-state index contributed by atoms with van der Waals surface area (Å²) in [5.41, 5.74) is 9.64. The number of carbonyl (C=O) groups excluding carboxylic acids is 1. The highest BCUT2D eigenvalue weighted by Gasteiger charge is 2.29. The van der Waals surface area contributed by atoms with Gasteiger partial charge in [-0.05, 0) is 86.9 Å². The second-order valence-corrected chi connectivity index (χ2v) is 8.84. The number of nitrogens with one attached hydrogen (secondary N) is 1. The van der Waals surface area contributed by atoms with Crippen molar-refractivity contribution in [3.63, 3.8) is 0 Å². The number of rotatable bonds is 3. The minimum atomic E-state index is 0.197. The summed E-state index contributed by atoms with van der Waals surface area (Å²) in [7, 11) is 2.16. The molecule has 4 rings (SSSR count). The molecule has 1 fully saturated rings. The molecule has 31 heavy (non-hydrogen) atoms. The monoisotopic (exact) mass is 421 g/mol. The second kappa shape index (κ2) is 9.76. The van der Waals surface area contributed by atoms with Gasteiger partial charge in [-0.1, -0.05) is 26.0 Å². The van der Waals surface area contributed by atoms with Gasteiger partial charge in [-0.25, -0.2) is 0 Å². The highest BCUT2D eigenvalue weighted by atomic mass is 16.2. The summed E-state index contributed by atoms with van der Waals surface area (Å²) in [5, 5.41) is 3.73. The van der Waals surface area contributed by atoms with Crippen LogP contribution in [0.1, 0.15) is 71.3 Å². The van der Waals surface area contributed by atoms with Crippen molar-refractivity contribution in [2.75, 3.05) is 30.4 Å². The Morgan fingerprint density at radius 1 is 1.00 bits per heavy atom. The SMILES string of the molecule is CC.Cc1cc(C)c2c(c1)N(C)C(Cc1c(C)ccc(C(=O)N3CCCCC3)c1C)N2. The van der Waals surface area contributed by atoms with Crippen molar-refractivity contribution in [2.24, 2.45) is 0 Å². The van der Waals surface area contributed by atoms with Gasteiger partial charge in [0.05, 0.1) is 11.4 Å². The summed E-state index contributed by atoms with van der Waals surface area (Å²) in [6, 6.07) is 8.64. The van der Waals surface area contributed by atoms with E-state index in [0.717, 1.165) is 43.5 Å². The zero-order valence-corrected chi connectivity index (χ0v) is 20.4. The lowest BCUT2D eigenvalue weighted by Crippen LogP contribution is -2.37. The van der Waals surface area contributed by atoms with Gasteiger partial charge in [-0.15, -0.1) is 0 Å². The molecule has 0 radical (unpaired) electrons. The van der Waals surface area contributed by atoms with E-state index in [1.807, 2.05) is 24.8 Å². The molecule has 168 valence electrons. The molecule has 2 heterocycles. The average molecular weight is 422 g/mol. The van der Waals surface area contributed by atoms with Crippen LogP contribution in [0.3, 0.4) is 0 Å². The van der Waals surface area contributed by atoms with E-state index in [1.54, 1.807) is 0 Å². The number of aryl methyl sites for hydroxylation is 3. The molecular formula is C27H39N3O. The van der Waals surface area contributed by atoms with Crippen molar-refractivity contribution in [3.8, 4) is 0 Å². The second-order valence-electron chi connectivity index (χ2n) is 8.84. The van der Waals surface area contributed by atoms with Gasteiger partial charge >= 0.3 is 0 Å². The molecule has 0 aromatic heterocycles. The number of nitrogens with zero attached hydrogens (tertiary/aromatic N) is 2. The molecule has 2 aromatic rings. The van der Waals surface area contributed by atoms with Crippen LogP contribution in [0.15, 0.2) is 24.3 Å². The van der Waals surface area contributed by atoms with Crippen molar-refractivity contribution in [3.05, 3.63) is 57.6 Å². The molecule has 1 unspecified atom stereocenters. The van der Waals surface area contributed by atoms with Gasteiger partial charge < -0.3 is 15.1 Å². The Labute approximate surface area is 188 Å². The zero-order chi connectivity index (χ0) is 22.7. The Hall–Kier alpha value is -2.49. The molecule has 2 aromatic carbocycles. The summed E-state index contributed by atoms with van der Waals surface area (Å²) < 4.78 is 0. The molecule has 1 atom stereocenters.